The second-order valence-electron chi connectivity index (χ2n) is 3.50. The molecule has 0 bridgehead atoms. The van der Waals surface area contributed by atoms with Gasteiger partial charge in [0.1, 0.15) is 0 Å². The lowest BCUT2D eigenvalue weighted by atomic mass is 10.3. The van der Waals surface area contributed by atoms with Crippen molar-refractivity contribution in [2.24, 2.45) is 0 Å². The first-order chi connectivity index (χ1) is 5.00. The SMILES string of the molecule is CCCCN(C)C.CN(C)C. The molecule has 0 N–H and O–H groups in total. The highest BCUT2D eigenvalue weighted by molar-refractivity contribution is 4.39. The fraction of sp³-hybridized carbons (Fsp3) is 1.00. The van der Waals surface area contributed by atoms with Crippen molar-refractivity contribution in [3.63, 3.8) is 0 Å². The molecule has 2 nitrogen and oxygen atoms in total. The van der Waals surface area contributed by atoms with E-state index < -0.39 is 0 Å². The van der Waals surface area contributed by atoms with Crippen LogP contribution in [0, 0.1) is 0 Å². The third-order valence-corrected chi connectivity index (χ3v) is 0.959. The molecule has 0 radical (unpaired) electrons. The molecule has 0 aliphatic heterocycles. The van der Waals surface area contributed by atoms with Crippen LogP contribution in [0.15, 0.2) is 0 Å². The fourth-order valence-corrected chi connectivity index (χ4v) is 0.474. The molecule has 0 aliphatic carbocycles. The maximum atomic E-state index is 2.21. The fourth-order valence-electron chi connectivity index (χ4n) is 0.474. The largest absolute Gasteiger partial charge is 0.312 e. The number of hydrogen-bond donors (Lipinski definition) is 0. The summed E-state index contributed by atoms with van der Waals surface area (Å²) in [6.07, 6.45) is 2.63. The van der Waals surface area contributed by atoms with Crippen LogP contribution in [0.5, 0.6) is 0 Å². The molecule has 2 heteroatoms. The minimum Gasteiger partial charge on any atom is -0.312 e. The Morgan fingerprint density at radius 2 is 1.27 bits per heavy atom. The van der Waals surface area contributed by atoms with Crippen LogP contribution in [-0.4, -0.2) is 51.6 Å². The van der Waals surface area contributed by atoms with Gasteiger partial charge in [-0.2, -0.15) is 0 Å². The quantitative estimate of drug-likeness (QED) is 0.618. The highest BCUT2D eigenvalue weighted by atomic mass is 15.0. The van der Waals surface area contributed by atoms with Gasteiger partial charge in [-0.1, -0.05) is 13.3 Å². The normalized spacial score (nSPS) is 9.82. The molecule has 0 atom stereocenters. The molecule has 0 saturated heterocycles. The molecule has 0 spiro atoms. The van der Waals surface area contributed by atoms with Gasteiger partial charge in [-0.15, -0.1) is 0 Å². The maximum Gasteiger partial charge on any atom is -0.00249 e. The standard InChI is InChI=1S/C6H15N.C3H9N/c1-4-5-6-7(2)3;1-4(2)3/h4-6H2,1-3H3;1-3H3. The Bertz CT molecular complexity index is 57.8. The summed E-state index contributed by atoms with van der Waals surface area (Å²) in [5.41, 5.74) is 0. The summed E-state index contributed by atoms with van der Waals surface area (Å²) in [5, 5.41) is 0. The summed E-state index contributed by atoms with van der Waals surface area (Å²) in [6.45, 7) is 3.44. The predicted octanol–water partition coefficient (Wildman–Crippen LogP) is 1.53. The molecule has 0 aromatic carbocycles. The van der Waals surface area contributed by atoms with Crippen LogP contribution in [0.3, 0.4) is 0 Å². The van der Waals surface area contributed by atoms with Gasteiger partial charge >= 0.3 is 0 Å². The number of unbranched alkanes of at least 4 members (excludes halogenated alkanes) is 1. The lowest BCUT2D eigenvalue weighted by molar-refractivity contribution is 0.398. The smallest absolute Gasteiger partial charge is 0.00249 e. The Morgan fingerprint density at radius 1 is 0.909 bits per heavy atom. The van der Waals surface area contributed by atoms with E-state index in [1.807, 2.05) is 26.0 Å². The number of nitrogens with zero attached hydrogens (tertiary/aromatic N) is 2. The van der Waals surface area contributed by atoms with Crippen LogP contribution < -0.4 is 0 Å². The Balaban J connectivity index is 0. The van der Waals surface area contributed by atoms with Crippen molar-refractivity contribution in [2.75, 3.05) is 41.8 Å². The van der Waals surface area contributed by atoms with Gasteiger partial charge in [-0.05, 0) is 48.2 Å². The van der Waals surface area contributed by atoms with Crippen LogP contribution in [0.2, 0.25) is 0 Å². The molecule has 0 fully saturated rings. The summed E-state index contributed by atoms with van der Waals surface area (Å²) < 4.78 is 0. The summed E-state index contributed by atoms with van der Waals surface area (Å²) in [7, 11) is 10.2. The molecule has 0 heterocycles. The van der Waals surface area contributed by atoms with Crippen LogP contribution >= 0.6 is 0 Å². The van der Waals surface area contributed by atoms with E-state index in [4.69, 9.17) is 0 Å². The third kappa shape index (κ3) is 40.5. The third-order valence-electron chi connectivity index (χ3n) is 0.959. The van der Waals surface area contributed by atoms with Crippen molar-refractivity contribution < 1.29 is 0 Å². The van der Waals surface area contributed by atoms with E-state index in [0.717, 1.165) is 0 Å². The Morgan fingerprint density at radius 3 is 1.36 bits per heavy atom. The average molecular weight is 160 g/mol. The zero-order valence-electron chi connectivity index (χ0n) is 9.02. The summed E-state index contributed by atoms with van der Waals surface area (Å²) in [6, 6.07) is 0. The Hall–Kier alpha value is -0.0800. The van der Waals surface area contributed by atoms with Crippen molar-refractivity contribution in [3.05, 3.63) is 0 Å². The van der Waals surface area contributed by atoms with Crippen molar-refractivity contribution >= 4 is 0 Å². The first-order valence-electron chi connectivity index (χ1n) is 4.26. The van der Waals surface area contributed by atoms with Gasteiger partial charge in [-0.3, -0.25) is 0 Å². The molecule has 0 aliphatic rings. The molecule has 11 heavy (non-hydrogen) atoms. The number of rotatable bonds is 3. The van der Waals surface area contributed by atoms with Gasteiger partial charge < -0.3 is 9.80 Å². The van der Waals surface area contributed by atoms with Crippen molar-refractivity contribution in [3.8, 4) is 0 Å². The van der Waals surface area contributed by atoms with E-state index in [0.29, 0.717) is 0 Å². The molecule has 0 aromatic heterocycles. The molecule has 0 unspecified atom stereocenters. The van der Waals surface area contributed by atoms with Crippen LogP contribution in [0.1, 0.15) is 19.8 Å². The molecule has 0 saturated carbocycles. The van der Waals surface area contributed by atoms with E-state index in [-0.39, 0.29) is 0 Å². The summed E-state index contributed by atoms with van der Waals surface area (Å²) >= 11 is 0. The molecule has 0 rings (SSSR count). The van der Waals surface area contributed by atoms with E-state index >= 15 is 0 Å². The van der Waals surface area contributed by atoms with E-state index in [1.165, 1.54) is 19.4 Å². The average Bonchev–Trinajstić information content (AvgIpc) is 1.82. The predicted molar refractivity (Wildman–Crippen MR) is 53.1 cm³/mol. The molecule has 0 amide bonds. The molecular weight excluding hydrogens is 136 g/mol. The Labute approximate surface area is 72.2 Å². The maximum absolute atomic E-state index is 2.21. The lowest BCUT2D eigenvalue weighted by Crippen LogP contribution is -2.12. The van der Waals surface area contributed by atoms with Crippen LogP contribution in [0.25, 0.3) is 0 Å². The van der Waals surface area contributed by atoms with E-state index in [1.54, 1.807) is 0 Å². The number of hydrogen-bond acceptors (Lipinski definition) is 2. The highest BCUT2D eigenvalue weighted by Crippen LogP contribution is 1.86. The van der Waals surface area contributed by atoms with Crippen LogP contribution in [0.4, 0.5) is 0 Å². The first kappa shape index (κ1) is 13.5. The zero-order valence-corrected chi connectivity index (χ0v) is 9.02. The second-order valence-corrected chi connectivity index (χ2v) is 3.50. The molecular formula is C9H24N2. The lowest BCUT2D eigenvalue weighted by Gasteiger charge is -2.05. The Kier molecular flexibility index (Phi) is 12.2. The van der Waals surface area contributed by atoms with Gasteiger partial charge in [0.25, 0.3) is 0 Å². The molecule has 0 aromatic rings. The van der Waals surface area contributed by atoms with Crippen LogP contribution in [-0.2, 0) is 0 Å². The minimum atomic E-state index is 1.23. The first-order valence-corrected chi connectivity index (χ1v) is 4.26. The summed E-state index contributed by atoms with van der Waals surface area (Å²) in [4.78, 5) is 4.21. The minimum absolute atomic E-state index is 1.23. The molecule has 70 valence electrons. The van der Waals surface area contributed by atoms with Crippen molar-refractivity contribution in [1.29, 1.82) is 0 Å². The van der Waals surface area contributed by atoms with E-state index in [9.17, 15) is 0 Å². The highest BCUT2D eigenvalue weighted by Gasteiger charge is 1.83. The van der Waals surface area contributed by atoms with Crippen molar-refractivity contribution in [2.45, 2.75) is 19.8 Å². The van der Waals surface area contributed by atoms with Gasteiger partial charge in [-0.25, -0.2) is 0 Å². The van der Waals surface area contributed by atoms with Gasteiger partial charge in [0.15, 0.2) is 0 Å². The van der Waals surface area contributed by atoms with Gasteiger partial charge in [0.05, 0.1) is 0 Å². The van der Waals surface area contributed by atoms with Gasteiger partial charge in [0.2, 0.25) is 0 Å². The van der Waals surface area contributed by atoms with Crippen molar-refractivity contribution in [1.82, 2.24) is 9.80 Å². The monoisotopic (exact) mass is 160 g/mol. The van der Waals surface area contributed by atoms with E-state index in [2.05, 4.69) is 25.9 Å². The topological polar surface area (TPSA) is 6.48 Å². The zero-order chi connectivity index (χ0) is 9.28. The summed E-state index contributed by atoms with van der Waals surface area (Å²) in [5.74, 6) is 0. The van der Waals surface area contributed by atoms with Gasteiger partial charge in [0, 0.05) is 0 Å². The second kappa shape index (κ2) is 9.92.